The van der Waals surface area contributed by atoms with Crippen molar-refractivity contribution in [2.24, 2.45) is 0 Å². The van der Waals surface area contributed by atoms with Gasteiger partial charge in [-0.2, -0.15) is 0 Å². The van der Waals surface area contributed by atoms with E-state index in [2.05, 4.69) is 10.0 Å². The summed E-state index contributed by atoms with van der Waals surface area (Å²) in [7, 11) is -3.64. The zero-order valence-electron chi connectivity index (χ0n) is 15.5. The Kier molecular flexibility index (Phi) is 7.79. The van der Waals surface area contributed by atoms with Crippen molar-refractivity contribution in [3.63, 3.8) is 0 Å². The Morgan fingerprint density at radius 3 is 2.50 bits per heavy atom. The molecule has 1 amide bonds. The molecule has 0 heterocycles. The molecule has 0 radical (unpaired) electrons. The van der Waals surface area contributed by atoms with Crippen molar-refractivity contribution >= 4 is 27.5 Å². The van der Waals surface area contributed by atoms with Crippen molar-refractivity contribution in [3.05, 3.63) is 58.9 Å². The molecule has 28 heavy (non-hydrogen) atoms. The van der Waals surface area contributed by atoms with E-state index in [1.54, 1.807) is 19.1 Å². The van der Waals surface area contributed by atoms with Crippen LogP contribution in [0.5, 0.6) is 5.75 Å². The van der Waals surface area contributed by atoms with Crippen LogP contribution in [0, 0.1) is 5.82 Å². The van der Waals surface area contributed by atoms with Crippen molar-refractivity contribution in [1.29, 1.82) is 0 Å². The SMILES string of the molecule is CCCNS(=O)(=O)c1ccc(OCC(=O)N[C@H](C)c2ccc(F)cc2)c(Cl)c1. The Morgan fingerprint density at radius 1 is 1.21 bits per heavy atom. The van der Waals surface area contributed by atoms with E-state index in [4.69, 9.17) is 16.3 Å². The molecule has 2 aromatic rings. The Balaban J connectivity index is 1.94. The Morgan fingerprint density at radius 2 is 1.89 bits per heavy atom. The van der Waals surface area contributed by atoms with Crippen LogP contribution in [-0.2, 0) is 14.8 Å². The predicted octanol–water partition coefficient (Wildman–Crippen LogP) is 3.42. The molecule has 0 aliphatic heterocycles. The molecule has 2 aromatic carbocycles. The molecule has 9 heteroatoms. The molecular formula is C19H22ClFN2O4S. The molecule has 0 spiro atoms. The molecule has 2 rings (SSSR count). The predicted molar refractivity (Wildman–Crippen MR) is 105 cm³/mol. The fraction of sp³-hybridized carbons (Fsp3) is 0.316. The second kappa shape index (κ2) is 9.86. The van der Waals surface area contributed by atoms with Crippen LogP contribution >= 0.6 is 11.6 Å². The third-order valence-corrected chi connectivity index (χ3v) is 5.62. The van der Waals surface area contributed by atoms with Gasteiger partial charge in [0.15, 0.2) is 6.61 Å². The Hall–Kier alpha value is -2.16. The molecule has 0 bridgehead atoms. The summed E-state index contributed by atoms with van der Waals surface area (Å²) in [6, 6.07) is 9.52. The molecular weight excluding hydrogens is 407 g/mol. The highest BCUT2D eigenvalue weighted by atomic mass is 35.5. The van der Waals surface area contributed by atoms with Gasteiger partial charge in [-0.1, -0.05) is 30.7 Å². The highest BCUT2D eigenvalue weighted by Gasteiger charge is 2.16. The second-order valence-corrected chi connectivity index (χ2v) is 8.29. The normalized spacial score (nSPS) is 12.4. The van der Waals surface area contributed by atoms with Crippen LogP contribution in [0.25, 0.3) is 0 Å². The van der Waals surface area contributed by atoms with Crippen molar-refractivity contribution in [1.82, 2.24) is 10.0 Å². The third kappa shape index (κ3) is 6.19. The summed E-state index contributed by atoms with van der Waals surface area (Å²) in [5.41, 5.74) is 0.752. The summed E-state index contributed by atoms with van der Waals surface area (Å²) in [6.45, 7) is 3.64. The summed E-state index contributed by atoms with van der Waals surface area (Å²) < 4.78 is 45.0. The monoisotopic (exact) mass is 428 g/mol. The van der Waals surface area contributed by atoms with Gasteiger partial charge in [-0.05, 0) is 49.2 Å². The van der Waals surface area contributed by atoms with Gasteiger partial charge in [-0.25, -0.2) is 17.5 Å². The van der Waals surface area contributed by atoms with Gasteiger partial charge in [-0.3, -0.25) is 4.79 Å². The first kappa shape index (κ1) is 22.1. The Labute approximate surface area is 169 Å². The number of halogens is 2. The summed E-state index contributed by atoms with van der Waals surface area (Å²) in [5.74, 6) is -0.550. The number of ether oxygens (including phenoxy) is 1. The van der Waals surface area contributed by atoms with Gasteiger partial charge in [-0.15, -0.1) is 0 Å². The highest BCUT2D eigenvalue weighted by molar-refractivity contribution is 7.89. The van der Waals surface area contributed by atoms with Gasteiger partial charge < -0.3 is 10.1 Å². The Bertz CT molecular complexity index is 920. The largest absolute Gasteiger partial charge is 0.482 e. The lowest BCUT2D eigenvalue weighted by Gasteiger charge is -2.15. The van der Waals surface area contributed by atoms with Gasteiger partial charge in [0.1, 0.15) is 11.6 Å². The summed E-state index contributed by atoms with van der Waals surface area (Å²) in [5, 5.41) is 2.81. The number of carbonyl (C=O) groups excluding carboxylic acids is 1. The van der Waals surface area contributed by atoms with Gasteiger partial charge in [0, 0.05) is 6.54 Å². The van der Waals surface area contributed by atoms with Crippen molar-refractivity contribution in [3.8, 4) is 5.75 Å². The molecule has 0 unspecified atom stereocenters. The third-order valence-electron chi connectivity index (χ3n) is 3.86. The number of amides is 1. The summed E-state index contributed by atoms with van der Waals surface area (Å²) >= 11 is 6.08. The molecule has 0 aromatic heterocycles. The van der Waals surface area contributed by atoms with Crippen molar-refractivity contribution < 1.29 is 22.3 Å². The molecule has 0 fully saturated rings. The van der Waals surface area contributed by atoms with Gasteiger partial charge >= 0.3 is 0 Å². The average molecular weight is 429 g/mol. The number of hydrogen-bond acceptors (Lipinski definition) is 4. The minimum Gasteiger partial charge on any atom is -0.482 e. The minimum absolute atomic E-state index is 0.0210. The smallest absolute Gasteiger partial charge is 0.258 e. The quantitative estimate of drug-likeness (QED) is 0.640. The lowest BCUT2D eigenvalue weighted by Crippen LogP contribution is -2.31. The van der Waals surface area contributed by atoms with Crippen LogP contribution in [0.2, 0.25) is 5.02 Å². The fourth-order valence-corrected chi connectivity index (χ4v) is 3.81. The van der Waals surface area contributed by atoms with E-state index in [1.165, 1.54) is 30.3 Å². The molecule has 152 valence electrons. The number of hydrogen-bond donors (Lipinski definition) is 2. The maximum absolute atomic E-state index is 13.0. The van der Waals surface area contributed by atoms with Crippen LogP contribution in [0.1, 0.15) is 31.9 Å². The summed E-state index contributed by atoms with van der Waals surface area (Å²) in [6.07, 6.45) is 0.666. The molecule has 0 aliphatic carbocycles. The molecule has 0 aliphatic rings. The standard InChI is InChI=1S/C19H22ClFN2O4S/c1-3-10-22-28(25,26)16-8-9-18(17(20)11-16)27-12-19(24)23-13(2)14-4-6-15(21)7-5-14/h4-9,11,13,22H,3,10,12H2,1-2H3,(H,23,24)/t13-/m1/s1. The summed E-state index contributed by atoms with van der Waals surface area (Å²) in [4.78, 5) is 12.1. The maximum atomic E-state index is 13.0. The molecule has 0 saturated heterocycles. The molecule has 0 saturated carbocycles. The van der Waals surface area contributed by atoms with Gasteiger partial charge in [0.05, 0.1) is 16.0 Å². The van der Waals surface area contributed by atoms with E-state index in [0.717, 1.165) is 5.56 Å². The number of nitrogens with one attached hydrogen (secondary N) is 2. The number of sulfonamides is 1. The zero-order chi connectivity index (χ0) is 20.7. The number of rotatable bonds is 9. The van der Waals surface area contributed by atoms with E-state index in [-0.39, 0.29) is 34.1 Å². The van der Waals surface area contributed by atoms with Crippen LogP contribution in [0.3, 0.4) is 0 Å². The first-order valence-corrected chi connectivity index (χ1v) is 10.6. The van der Waals surface area contributed by atoms with E-state index in [1.807, 2.05) is 6.92 Å². The van der Waals surface area contributed by atoms with Gasteiger partial charge in [0.25, 0.3) is 5.91 Å². The van der Waals surface area contributed by atoms with E-state index < -0.39 is 15.9 Å². The lowest BCUT2D eigenvalue weighted by atomic mass is 10.1. The topological polar surface area (TPSA) is 84.5 Å². The minimum atomic E-state index is -3.64. The van der Waals surface area contributed by atoms with Crippen LogP contribution in [0.15, 0.2) is 47.4 Å². The average Bonchev–Trinajstić information content (AvgIpc) is 2.65. The number of benzene rings is 2. The van der Waals surface area contributed by atoms with Crippen LogP contribution in [0.4, 0.5) is 4.39 Å². The van der Waals surface area contributed by atoms with E-state index >= 15 is 0 Å². The lowest BCUT2D eigenvalue weighted by molar-refractivity contribution is -0.123. The van der Waals surface area contributed by atoms with Crippen molar-refractivity contribution in [2.75, 3.05) is 13.2 Å². The van der Waals surface area contributed by atoms with Crippen LogP contribution < -0.4 is 14.8 Å². The zero-order valence-corrected chi connectivity index (χ0v) is 17.1. The maximum Gasteiger partial charge on any atom is 0.258 e. The first-order chi connectivity index (χ1) is 13.2. The molecule has 1 atom stereocenters. The fourth-order valence-electron chi connectivity index (χ4n) is 2.35. The van der Waals surface area contributed by atoms with Gasteiger partial charge in [0.2, 0.25) is 10.0 Å². The second-order valence-electron chi connectivity index (χ2n) is 6.12. The molecule has 2 N–H and O–H groups in total. The molecule has 6 nitrogen and oxygen atoms in total. The van der Waals surface area contributed by atoms with E-state index in [9.17, 15) is 17.6 Å². The first-order valence-electron chi connectivity index (χ1n) is 8.69. The van der Waals surface area contributed by atoms with Crippen LogP contribution in [-0.4, -0.2) is 27.5 Å². The highest BCUT2D eigenvalue weighted by Crippen LogP contribution is 2.27. The van der Waals surface area contributed by atoms with Crippen molar-refractivity contribution in [2.45, 2.75) is 31.2 Å². The van der Waals surface area contributed by atoms with E-state index in [0.29, 0.717) is 13.0 Å². The number of carbonyl (C=O) groups is 1.